The fraction of sp³-hybridized carbons (Fsp3) is 0.118. The molecule has 0 amide bonds. The molecule has 122 valence electrons. The minimum Gasteiger partial charge on any atom is -0.454 e. The molecule has 0 atom stereocenters. The Morgan fingerprint density at radius 2 is 1.79 bits per heavy atom. The number of pyridine rings is 1. The molecule has 0 fully saturated rings. The third-order valence-electron chi connectivity index (χ3n) is 3.72. The van der Waals surface area contributed by atoms with E-state index in [4.69, 9.17) is 9.47 Å². The molecule has 1 aromatic heterocycles. The van der Waals surface area contributed by atoms with Gasteiger partial charge in [-0.05, 0) is 36.4 Å². The van der Waals surface area contributed by atoms with E-state index < -0.39 is 11.7 Å². The van der Waals surface area contributed by atoms with E-state index in [0.29, 0.717) is 33.8 Å². The third-order valence-corrected chi connectivity index (χ3v) is 3.72. The van der Waals surface area contributed by atoms with Crippen LogP contribution in [0.25, 0.3) is 10.9 Å². The Kier molecular flexibility index (Phi) is 3.23. The van der Waals surface area contributed by atoms with Crippen LogP contribution in [0.1, 0.15) is 5.56 Å². The van der Waals surface area contributed by atoms with Gasteiger partial charge in [0.15, 0.2) is 11.5 Å². The Morgan fingerprint density at radius 1 is 0.958 bits per heavy atom. The van der Waals surface area contributed by atoms with Crippen LogP contribution in [0.15, 0.2) is 48.7 Å². The van der Waals surface area contributed by atoms with E-state index in [1.165, 1.54) is 6.07 Å². The Hall–Kier alpha value is -2.96. The van der Waals surface area contributed by atoms with Crippen molar-refractivity contribution in [3.63, 3.8) is 0 Å². The van der Waals surface area contributed by atoms with Crippen LogP contribution in [0.2, 0.25) is 0 Å². The Bertz CT molecular complexity index is 925. The van der Waals surface area contributed by atoms with Crippen LogP contribution in [0.5, 0.6) is 11.5 Å². The highest BCUT2D eigenvalue weighted by Crippen LogP contribution is 2.37. The summed E-state index contributed by atoms with van der Waals surface area (Å²) in [6.07, 6.45) is -2.86. The zero-order chi connectivity index (χ0) is 16.7. The number of hydrogen-bond donors (Lipinski definition) is 1. The highest BCUT2D eigenvalue weighted by molar-refractivity contribution is 5.93. The van der Waals surface area contributed by atoms with E-state index in [-0.39, 0.29) is 6.79 Å². The normalized spacial score (nSPS) is 13.3. The van der Waals surface area contributed by atoms with Crippen molar-refractivity contribution >= 4 is 22.3 Å². The van der Waals surface area contributed by atoms with Gasteiger partial charge in [0.25, 0.3) is 0 Å². The monoisotopic (exact) mass is 332 g/mol. The van der Waals surface area contributed by atoms with Crippen LogP contribution in [-0.2, 0) is 6.18 Å². The minimum absolute atomic E-state index is 0.159. The number of nitrogens with one attached hydrogen (secondary N) is 1. The summed E-state index contributed by atoms with van der Waals surface area (Å²) in [7, 11) is 0. The minimum atomic E-state index is -4.40. The lowest BCUT2D eigenvalue weighted by Crippen LogP contribution is -2.05. The van der Waals surface area contributed by atoms with Crippen molar-refractivity contribution in [3.05, 3.63) is 54.2 Å². The molecule has 7 heteroatoms. The predicted octanol–water partition coefficient (Wildman–Crippen LogP) is 4.73. The number of hydrogen-bond acceptors (Lipinski definition) is 4. The summed E-state index contributed by atoms with van der Waals surface area (Å²) in [6, 6.07) is 10.4. The number of rotatable bonds is 2. The van der Waals surface area contributed by atoms with E-state index in [9.17, 15) is 13.2 Å². The van der Waals surface area contributed by atoms with Gasteiger partial charge in [0.2, 0.25) is 6.79 Å². The number of anilines is 2. The first-order chi connectivity index (χ1) is 11.5. The second kappa shape index (κ2) is 5.30. The van der Waals surface area contributed by atoms with Crippen molar-refractivity contribution in [2.24, 2.45) is 0 Å². The second-order valence-electron chi connectivity index (χ2n) is 5.28. The number of aromatic nitrogens is 1. The lowest BCUT2D eigenvalue weighted by Gasteiger charge is -2.12. The molecule has 2 heterocycles. The van der Waals surface area contributed by atoms with Crippen LogP contribution >= 0.6 is 0 Å². The van der Waals surface area contributed by atoms with Gasteiger partial charge in [0.05, 0.1) is 11.1 Å². The van der Waals surface area contributed by atoms with Gasteiger partial charge < -0.3 is 14.8 Å². The van der Waals surface area contributed by atoms with Gasteiger partial charge in [-0.3, -0.25) is 4.98 Å². The van der Waals surface area contributed by atoms with E-state index in [2.05, 4.69) is 10.3 Å². The van der Waals surface area contributed by atoms with Gasteiger partial charge in [0, 0.05) is 29.0 Å². The molecule has 1 aliphatic rings. The number of ether oxygens (including phenoxy) is 2. The Labute approximate surface area is 134 Å². The maximum Gasteiger partial charge on any atom is 0.416 e. The van der Waals surface area contributed by atoms with Crippen LogP contribution in [0.3, 0.4) is 0 Å². The first-order valence-corrected chi connectivity index (χ1v) is 7.13. The van der Waals surface area contributed by atoms with E-state index >= 15 is 0 Å². The second-order valence-corrected chi connectivity index (χ2v) is 5.28. The smallest absolute Gasteiger partial charge is 0.416 e. The SMILES string of the molecule is FC(F)(F)c1ccc2nccc(Nc3ccc4c(c3)OCO4)c2c1. The molecule has 0 radical (unpaired) electrons. The molecular weight excluding hydrogens is 321 g/mol. The molecule has 0 bridgehead atoms. The zero-order valence-electron chi connectivity index (χ0n) is 12.2. The predicted molar refractivity (Wildman–Crippen MR) is 82.6 cm³/mol. The van der Waals surface area contributed by atoms with E-state index in [1.54, 1.807) is 30.5 Å². The van der Waals surface area contributed by atoms with Crippen molar-refractivity contribution < 1.29 is 22.6 Å². The lowest BCUT2D eigenvalue weighted by molar-refractivity contribution is -0.137. The summed E-state index contributed by atoms with van der Waals surface area (Å²) in [5.41, 5.74) is 0.986. The van der Waals surface area contributed by atoms with Crippen molar-refractivity contribution in [1.82, 2.24) is 4.98 Å². The fourth-order valence-electron chi connectivity index (χ4n) is 2.56. The number of benzene rings is 2. The van der Waals surface area contributed by atoms with Crippen LogP contribution < -0.4 is 14.8 Å². The molecule has 4 rings (SSSR count). The molecule has 0 aliphatic carbocycles. The molecule has 3 aromatic rings. The number of nitrogens with zero attached hydrogens (tertiary/aromatic N) is 1. The molecule has 1 N–H and O–H groups in total. The largest absolute Gasteiger partial charge is 0.454 e. The van der Waals surface area contributed by atoms with Crippen LogP contribution in [-0.4, -0.2) is 11.8 Å². The van der Waals surface area contributed by atoms with Gasteiger partial charge in [0.1, 0.15) is 0 Å². The van der Waals surface area contributed by atoms with Gasteiger partial charge in [-0.2, -0.15) is 13.2 Å². The summed E-state index contributed by atoms with van der Waals surface area (Å²) in [4.78, 5) is 4.11. The van der Waals surface area contributed by atoms with E-state index in [0.717, 1.165) is 12.1 Å². The standard InChI is InChI=1S/C17H11F3N2O2/c18-17(19,20)10-1-3-13-12(7-10)14(5-6-21-13)22-11-2-4-15-16(8-11)24-9-23-15/h1-8H,9H2,(H,21,22). The van der Waals surface area contributed by atoms with E-state index in [1.807, 2.05) is 0 Å². The van der Waals surface area contributed by atoms with Gasteiger partial charge in [-0.25, -0.2) is 0 Å². The Morgan fingerprint density at radius 3 is 2.62 bits per heavy atom. The number of alkyl halides is 3. The highest BCUT2D eigenvalue weighted by atomic mass is 19.4. The number of halogens is 3. The van der Waals surface area contributed by atoms with Gasteiger partial charge in [-0.1, -0.05) is 0 Å². The van der Waals surface area contributed by atoms with Crippen LogP contribution in [0, 0.1) is 0 Å². The molecule has 4 nitrogen and oxygen atoms in total. The molecule has 24 heavy (non-hydrogen) atoms. The molecule has 0 saturated carbocycles. The van der Waals surface area contributed by atoms with Crippen molar-refractivity contribution in [2.75, 3.05) is 12.1 Å². The summed E-state index contributed by atoms with van der Waals surface area (Å²) in [5.74, 6) is 1.23. The average Bonchev–Trinajstić information content (AvgIpc) is 3.01. The molecule has 0 saturated heterocycles. The number of fused-ring (bicyclic) bond motifs is 2. The molecule has 0 spiro atoms. The fourth-order valence-corrected chi connectivity index (χ4v) is 2.56. The summed E-state index contributed by atoms with van der Waals surface area (Å²) < 4.78 is 49.4. The van der Waals surface area contributed by atoms with Gasteiger partial charge >= 0.3 is 6.18 Å². The maximum atomic E-state index is 13.0. The molecule has 1 aliphatic heterocycles. The van der Waals surface area contributed by atoms with Crippen molar-refractivity contribution in [2.45, 2.75) is 6.18 Å². The first-order valence-electron chi connectivity index (χ1n) is 7.13. The first kappa shape index (κ1) is 14.6. The molecule has 2 aromatic carbocycles. The summed E-state index contributed by atoms with van der Waals surface area (Å²) in [5, 5.41) is 3.51. The lowest BCUT2D eigenvalue weighted by atomic mass is 10.1. The van der Waals surface area contributed by atoms with Crippen molar-refractivity contribution in [1.29, 1.82) is 0 Å². The Balaban J connectivity index is 1.76. The van der Waals surface area contributed by atoms with Gasteiger partial charge in [-0.15, -0.1) is 0 Å². The molecular formula is C17H11F3N2O2. The summed E-state index contributed by atoms with van der Waals surface area (Å²) in [6.45, 7) is 0.159. The van der Waals surface area contributed by atoms with Crippen LogP contribution in [0.4, 0.5) is 24.5 Å². The highest BCUT2D eigenvalue weighted by Gasteiger charge is 2.30. The third kappa shape index (κ3) is 2.58. The van der Waals surface area contributed by atoms with Crippen molar-refractivity contribution in [3.8, 4) is 11.5 Å². The molecule has 0 unspecified atom stereocenters. The zero-order valence-corrected chi connectivity index (χ0v) is 12.2. The average molecular weight is 332 g/mol. The summed E-state index contributed by atoms with van der Waals surface area (Å²) >= 11 is 0. The maximum absolute atomic E-state index is 13.0. The topological polar surface area (TPSA) is 43.4 Å². The quantitative estimate of drug-likeness (QED) is 0.737.